The summed E-state index contributed by atoms with van der Waals surface area (Å²) in [6.07, 6.45) is 3.61. The topological polar surface area (TPSA) is 103 Å². The highest BCUT2D eigenvalue weighted by molar-refractivity contribution is 7.57. The predicted molar refractivity (Wildman–Crippen MR) is 92.9 cm³/mol. The van der Waals surface area contributed by atoms with Gasteiger partial charge in [0.15, 0.2) is 0 Å². The van der Waals surface area contributed by atoms with E-state index in [9.17, 15) is 19.8 Å². The number of hydrogen-bond acceptors (Lipinski definition) is 6. The second-order valence-electron chi connectivity index (χ2n) is 6.90. The molecule has 2 atom stereocenters. The normalized spacial score (nSPS) is 25.2. The number of ether oxygens (including phenoxy) is 1. The van der Waals surface area contributed by atoms with Gasteiger partial charge in [-0.2, -0.15) is 5.26 Å². The summed E-state index contributed by atoms with van der Waals surface area (Å²) in [5.41, 5.74) is 0.136. The van der Waals surface area contributed by atoms with E-state index in [4.69, 9.17) is 9.26 Å². The van der Waals surface area contributed by atoms with Crippen LogP contribution in [0.3, 0.4) is 0 Å². The summed E-state index contributed by atoms with van der Waals surface area (Å²) in [5, 5.41) is 9.21. The molecule has 0 aromatic heterocycles. The first-order valence-corrected chi connectivity index (χ1v) is 9.82. The van der Waals surface area contributed by atoms with Crippen molar-refractivity contribution in [3.8, 4) is 11.8 Å². The number of likely N-dealkylation sites (tertiary alicyclic amines) is 1. The zero-order valence-corrected chi connectivity index (χ0v) is 15.1. The molecule has 1 aromatic rings. The second-order valence-corrected chi connectivity index (χ2v) is 8.44. The van der Waals surface area contributed by atoms with E-state index in [0.29, 0.717) is 29.8 Å². The summed E-state index contributed by atoms with van der Waals surface area (Å²) in [6.45, 7) is 4.07. The summed E-state index contributed by atoms with van der Waals surface area (Å²) in [7, 11) is -3.83. The third-order valence-electron chi connectivity index (χ3n) is 4.53. The van der Waals surface area contributed by atoms with Crippen molar-refractivity contribution in [2.45, 2.75) is 44.4 Å². The molecule has 2 aliphatic rings. The van der Waals surface area contributed by atoms with Crippen LogP contribution in [0.5, 0.6) is 5.75 Å². The van der Waals surface area contributed by atoms with Crippen LogP contribution < -0.4 is 4.74 Å². The third-order valence-corrected chi connectivity index (χ3v) is 5.10. The first-order chi connectivity index (χ1) is 11.6. The van der Waals surface area contributed by atoms with Gasteiger partial charge in [0, 0.05) is 18.5 Å². The lowest BCUT2D eigenvalue weighted by Crippen LogP contribution is -2.54. The Kier molecular flexibility index (Phi) is 4.42. The molecule has 2 unspecified atom stereocenters. The van der Waals surface area contributed by atoms with Crippen molar-refractivity contribution in [2.24, 2.45) is 0 Å². The van der Waals surface area contributed by atoms with Crippen molar-refractivity contribution < 1.29 is 23.8 Å². The summed E-state index contributed by atoms with van der Waals surface area (Å²) < 4.78 is 11.5. The number of amides is 1. The average Bonchev–Trinajstić information content (AvgIpc) is 2.92. The zero-order chi connectivity index (χ0) is 18.4. The summed E-state index contributed by atoms with van der Waals surface area (Å²) >= 11 is 0. The Bertz CT molecular complexity index is 795. The molecular formula is C17H21N2O5P. The van der Waals surface area contributed by atoms with Crippen molar-refractivity contribution in [1.29, 1.82) is 5.26 Å². The largest absolute Gasteiger partial charge is 0.485 e. The van der Waals surface area contributed by atoms with E-state index in [1.165, 1.54) is 0 Å². The van der Waals surface area contributed by atoms with Gasteiger partial charge in [0.2, 0.25) is 13.5 Å². The van der Waals surface area contributed by atoms with Crippen LogP contribution >= 0.6 is 7.57 Å². The lowest BCUT2D eigenvalue weighted by Gasteiger charge is -2.47. The maximum atomic E-state index is 12.4. The Morgan fingerprint density at radius 1 is 1.48 bits per heavy atom. The molecule has 1 fully saturated rings. The van der Waals surface area contributed by atoms with Gasteiger partial charge in [-0.25, -0.2) is 0 Å². The Balaban J connectivity index is 2.16. The molecule has 1 aromatic carbocycles. The van der Waals surface area contributed by atoms with E-state index in [-0.39, 0.29) is 5.91 Å². The highest BCUT2D eigenvalue weighted by atomic mass is 31.2. The highest BCUT2D eigenvalue weighted by Crippen LogP contribution is 2.51. The molecule has 1 saturated heterocycles. The minimum Gasteiger partial charge on any atom is -0.485 e. The average molecular weight is 364 g/mol. The van der Waals surface area contributed by atoms with E-state index in [1.54, 1.807) is 36.9 Å². The number of hydrogen-bond donors (Lipinski definition) is 2. The maximum Gasteiger partial charge on any atom is 0.245 e. The SMILES string of the molecule is C=P(O)(O)OC1C(N2CCCC2=O)c2cc(C#N)ccc2OC1(C)C. The van der Waals surface area contributed by atoms with Crippen molar-refractivity contribution in [2.75, 3.05) is 6.54 Å². The van der Waals surface area contributed by atoms with E-state index in [1.807, 2.05) is 0 Å². The van der Waals surface area contributed by atoms with E-state index in [2.05, 4.69) is 12.4 Å². The van der Waals surface area contributed by atoms with E-state index in [0.717, 1.165) is 6.42 Å². The van der Waals surface area contributed by atoms with Crippen LogP contribution in [0.2, 0.25) is 0 Å². The molecule has 0 radical (unpaired) electrons. The van der Waals surface area contributed by atoms with Crippen LogP contribution in [0, 0.1) is 11.3 Å². The monoisotopic (exact) mass is 364 g/mol. The number of fused-ring (bicyclic) bond motifs is 1. The molecule has 2 heterocycles. The highest BCUT2D eigenvalue weighted by Gasteiger charge is 2.50. The number of benzene rings is 1. The smallest absolute Gasteiger partial charge is 0.245 e. The van der Waals surface area contributed by atoms with Crippen molar-refractivity contribution >= 4 is 19.8 Å². The zero-order valence-electron chi connectivity index (χ0n) is 14.2. The standard InChI is InChI=1S/C17H21N2O5P/c1-17(2)16(24-25(3,21)22)15(19-8-4-5-14(19)20)12-9-11(10-18)6-7-13(12)23-17/h6-7,9,15-16,21-22H,3-5,8H2,1-2H3. The molecule has 2 aliphatic heterocycles. The van der Waals surface area contributed by atoms with Crippen LogP contribution in [0.15, 0.2) is 18.2 Å². The quantitative estimate of drug-likeness (QED) is 0.795. The molecule has 0 bridgehead atoms. The Morgan fingerprint density at radius 2 is 2.20 bits per heavy atom. The van der Waals surface area contributed by atoms with Gasteiger partial charge in [-0.3, -0.25) is 4.79 Å². The van der Waals surface area contributed by atoms with Gasteiger partial charge in [-0.05, 0) is 44.8 Å². The van der Waals surface area contributed by atoms with Gasteiger partial charge in [0.25, 0.3) is 0 Å². The Hall–Kier alpha value is -1.84. The van der Waals surface area contributed by atoms with Crippen molar-refractivity contribution in [1.82, 2.24) is 4.90 Å². The minimum absolute atomic E-state index is 0.0338. The molecule has 1 amide bonds. The molecule has 134 valence electrons. The second kappa shape index (κ2) is 6.15. The van der Waals surface area contributed by atoms with Gasteiger partial charge < -0.3 is 23.9 Å². The summed E-state index contributed by atoms with van der Waals surface area (Å²) in [5.74, 6) is 0.519. The summed E-state index contributed by atoms with van der Waals surface area (Å²) in [4.78, 5) is 33.7. The van der Waals surface area contributed by atoms with Crippen LogP contribution in [-0.4, -0.2) is 45.1 Å². The first kappa shape index (κ1) is 18.0. The fraction of sp³-hybridized carbons (Fsp3) is 0.471. The van der Waals surface area contributed by atoms with Gasteiger partial charge in [0.1, 0.15) is 17.5 Å². The number of nitriles is 1. The maximum absolute atomic E-state index is 12.4. The number of rotatable bonds is 3. The van der Waals surface area contributed by atoms with Gasteiger partial charge in [0.05, 0.1) is 17.7 Å². The molecule has 0 spiro atoms. The molecule has 0 saturated carbocycles. The molecule has 8 heteroatoms. The van der Waals surface area contributed by atoms with Gasteiger partial charge in [-0.1, -0.05) is 0 Å². The minimum atomic E-state index is -3.83. The molecular weight excluding hydrogens is 343 g/mol. The Morgan fingerprint density at radius 3 is 2.76 bits per heavy atom. The molecule has 25 heavy (non-hydrogen) atoms. The van der Waals surface area contributed by atoms with E-state index < -0.39 is 25.3 Å². The molecule has 3 rings (SSSR count). The molecule has 7 nitrogen and oxygen atoms in total. The molecule has 0 aliphatic carbocycles. The molecule has 2 N–H and O–H groups in total. The fourth-order valence-electron chi connectivity index (χ4n) is 3.49. The first-order valence-electron chi connectivity index (χ1n) is 8.02. The number of carbonyl (C=O) groups excluding carboxylic acids is 1. The fourth-order valence-corrected chi connectivity index (χ4v) is 4.22. The third kappa shape index (κ3) is 3.44. The van der Waals surface area contributed by atoms with Crippen LogP contribution in [-0.2, 0) is 9.32 Å². The summed E-state index contributed by atoms with van der Waals surface area (Å²) in [6, 6.07) is 6.51. The van der Waals surface area contributed by atoms with Gasteiger partial charge in [-0.15, -0.1) is 0 Å². The predicted octanol–water partition coefficient (Wildman–Crippen LogP) is 1.96. The van der Waals surface area contributed by atoms with E-state index >= 15 is 0 Å². The lowest BCUT2D eigenvalue weighted by molar-refractivity contribution is -0.138. The van der Waals surface area contributed by atoms with Gasteiger partial charge >= 0.3 is 0 Å². The Labute approximate surface area is 146 Å². The van der Waals surface area contributed by atoms with Crippen LogP contribution in [0.4, 0.5) is 0 Å². The van der Waals surface area contributed by atoms with Crippen molar-refractivity contribution in [3.63, 3.8) is 0 Å². The number of carbonyl (C=O) groups is 1. The number of nitrogens with zero attached hydrogens (tertiary/aromatic N) is 2. The van der Waals surface area contributed by atoms with Crippen LogP contribution in [0.1, 0.15) is 43.9 Å². The van der Waals surface area contributed by atoms with Crippen LogP contribution in [0.25, 0.3) is 0 Å². The lowest BCUT2D eigenvalue weighted by atomic mass is 9.85. The van der Waals surface area contributed by atoms with Crippen molar-refractivity contribution in [3.05, 3.63) is 29.3 Å².